The Bertz CT molecular complexity index is 702. The molecular formula is C18H18N2O. The van der Waals surface area contributed by atoms with E-state index in [1.165, 1.54) is 0 Å². The molecule has 0 aliphatic heterocycles. The van der Waals surface area contributed by atoms with E-state index in [1.807, 2.05) is 62.4 Å². The highest BCUT2D eigenvalue weighted by atomic mass is 16.3. The van der Waals surface area contributed by atoms with Crippen LogP contribution in [0.4, 0.5) is 0 Å². The highest BCUT2D eigenvalue weighted by molar-refractivity contribution is 5.49. The van der Waals surface area contributed by atoms with Crippen molar-refractivity contribution < 1.29 is 5.11 Å². The molecule has 3 heteroatoms. The maximum atomic E-state index is 11.6. The number of nitrogens with one attached hydrogen (secondary N) is 1. The molecule has 1 aromatic heterocycles. The molecule has 0 saturated carbocycles. The Kier molecular flexibility index (Phi) is 3.35. The van der Waals surface area contributed by atoms with Gasteiger partial charge in [-0.3, -0.25) is 0 Å². The van der Waals surface area contributed by atoms with Gasteiger partial charge in [-0.2, -0.15) is 0 Å². The molecule has 0 radical (unpaired) electrons. The van der Waals surface area contributed by atoms with Gasteiger partial charge in [-0.15, -0.1) is 0 Å². The zero-order valence-corrected chi connectivity index (χ0v) is 12.2. The molecule has 0 bridgehead atoms. The van der Waals surface area contributed by atoms with Crippen LogP contribution in [0.5, 0.6) is 0 Å². The summed E-state index contributed by atoms with van der Waals surface area (Å²) in [4.78, 5) is 7.15. The van der Waals surface area contributed by atoms with Crippen LogP contribution < -0.4 is 0 Å². The standard InChI is InChI=1S/C18H18N2O/c1-13-7-3-5-9-15(13)18(21,17-11-19-12-20-17)16-10-6-4-8-14(16)2/h3-12,21H,1-2H3,(H,19,20). The summed E-state index contributed by atoms with van der Waals surface area (Å²) in [5.41, 5.74) is 3.25. The summed E-state index contributed by atoms with van der Waals surface area (Å²) < 4.78 is 0. The van der Waals surface area contributed by atoms with Crippen molar-refractivity contribution in [2.75, 3.05) is 0 Å². The largest absolute Gasteiger partial charge is 0.374 e. The Balaban J connectivity index is 2.32. The van der Waals surface area contributed by atoms with Gasteiger partial charge in [0.2, 0.25) is 0 Å². The van der Waals surface area contributed by atoms with Crippen LogP contribution in [0.15, 0.2) is 61.1 Å². The molecule has 21 heavy (non-hydrogen) atoms. The summed E-state index contributed by atoms with van der Waals surface area (Å²) >= 11 is 0. The maximum absolute atomic E-state index is 11.6. The fourth-order valence-corrected chi connectivity index (χ4v) is 2.85. The predicted octanol–water partition coefficient (Wildman–Crippen LogP) is 3.31. The van der Waals surface area contributed by atoms with E-state index in [9.17, 15) is 5.11 Å². The summed E-state index contributed by atoms with van der Waals surface area (Å²) in [6.07, 6.45) is 3.27. The van der Waals surface area contributed by atoms with E-state index >= 15 is 0 Å². The monoisotopic (exact) mass is 278 g/mol. The Labute approximate surface area is 124 Å². The van der Waals surface area contributed by atoms with Crippen molar-refractivity contribution in [1.29, 1.82) is 0 Å². The summed E-state index contributed by atoms with van der Waals surface area (Å²) in [5.74, 6) is 0. The number of rotatable bonds is 3. The van der Waals surface area contributed by atoms with Crippen molar-refractivity contribution in [2.24, 2.45) is 0 Å². The van der Waals surface area contributed by atoms with Gasteiger partial charge in [0.1, 0.15) is 0 Å². The van der Waals surface area contributed by atoms with Gasteiger partial charge in [0.25, 0.3) is 0 Å². The number of hydrogen-bond donors (Lipinski definition) is 2. The van der Waals surface area contributed by atoms with Crippen LogP contribution in [0.25, 0.3) is 0 Å². The SMILES string of the molecule is Cc1ccccc1C(O)(c1cnc[nH]1)c1ccccc1C. The van der Waals surface area contributed by atoms with Crippen LogP contribution in [0, 0.1) is 13.8 Å². The van der Waals surface area contributed by atoms with Crippen LogP contribution in [0.1, 0.15) is 27.9 Å². The second-order valence-electron chi connectivity index (χ2n) is 5.31. The number of benzene rings is 2. The molecule has 0 spiro atoms. The Morgan fingerprint density at radius 3 is 1.86 bits per heavy atom. The first-order valence-corrected chi connectivity index (χ1v) is 6.97. The predicted molar refractivity (Wildman–Crippen MR) is 83.0 cm³/mol. The molecule has 2 N–H and O–H groups in total. The smallest absolute Gasteiger partial charge is 0.157 e. The Morgan fingerprint density at radius 2 is 1.43 bits per heavy atom. The number of imidazole rings is 1. The fourth-order valence-electron chi connectivity index (χ4n) is 2.85. The molecule has 0 unspecified atom stereocenters. The van der Waals surface area contributed by atoms with Crippen molar-refractivity contribution in [3.8, 4) is 0 Å². The van der Waals surface area contributed by atoms with E-state index in [1.54, 1.807) is 12.5 Å². The Hall–Kier alpha value is -2.39. The van der Waals surface area contributed by atoms with Gasteiger partial charge in [-0.1, -0.05) is 48.5 Å². The zero-order chi connectivity index (χ0) is 14.9. The molecule has 3 aromatic rings. The van der Waals surface area contributed by atoms with Crippen LogP contribution >= 0.6 is 0 Å². The third-order valence-electron chi connectivity index (χ3n) is 3.96. The lowest BCUT2D eigenvalue weighted by Crippen LogP contribution is -2.31. The molecule has 3 nitrogen and oxygen atoms in total. The van der Waals surface area contributed by atoms with Crippen LogP contribution in [-0.4, -0.2) is 15.1 Å². The van der Waals surface area contributed by atoms with Gasteiger partial charge >= 0.3 is 0 Å². The number of aromatic amines is 1. The summed E-state index contributed by atoms with van der Waals surface area (Å²) in [6, 6.07) is 15.8. The first-order chi connectivity index (χ1) is 10.1. The molecule has 0 amide bonds. The average Bonchev–Trinajstić information content (AvgIpc) is 3.02. The van der Waals surface area contributed by atoms with Crippen molar-refractivity contribution >= 4 is 0 Å². The lowest BCUT2D eigenvalue weighted by Gasteiger charge is -2.31. The Morgan fingerprint density at radius 1 is 0.905 bits per heavy atom. The van der Waals surface area contributed by atoms with Crippen molar-refractivity contribution in [3.63, 3.8) is 0 Å². The maximum Gasteiger partial charge on any atom is 0.157 e. The van der Waals surface area contributed by atoms with Gasteiger partial charge in [-0.25, -0.2) is 4.98 Å². The van der Waals surface area contributed by atoms with Gasteiger partial charge in [0, 0.05) is 0 Å². The quantitative estimate of drug-likeness (QED) is 0.772. The summed E-state index contributed by atoms with van der Waals surface area (Å²) in [6.45, 7) is 4.02. The normalized spacial score (nSPS) is 11.6. The van der Waals surface area contributed by atoms with E-state index in [0.29, 0.717) is 5.69 Å². The molecule has 2 aromatic carbocycles. The topological polar surface area (TPSA) is 48.9 Å². The van der Waals surface area contributed by atoms with Gasteiger partial charge in [-0.05, 0) is 36.1 Å². The molecule has 0 fully saturated rings. The number of nitrogens with zero attached hydrogens (tertiary/aromatic N) is 1. The second-order valence-corrected chi connectivity index (χ2v) is 5.31. The molecular weight excluding hydrogens is 260 g/mol. The minimum atomic E-state index is -1.23. The van der Waals surface area contributed by atoms with E-state index in [4.69, 9.17) is 0 Å². The van der Waals surface area contributed by atoms with Crippen molar-refractivity contribution in [2.45, 2.75) is 19.4 Å². The van der Waals surface area contributed by atoms with E-state index in [2.05, 4.69) is 9.97 Å². The molecule has 0 aliphatic rings. The minimum Gasteiger partial charge on any atom is -0.374 e. The van der Waals surface area contributed by atoms with E-state index in [-0.39, 0.29) is 0 Å². The number of aliphatic hydroxyl groups is 1. The number of aryl methyl sites for hydroxylation is 2. The summed E-state index contributed by atoms with van der Waals surface area (Å²) in [5, 5.41) is 11.6. The zero-order valence-electron chi connectivity index (χ0n) is 12.2. The third-order valence-corrected chi connectivity index (χ3v) is 3.96. The second kappa shape index (κ2) is 5.19. The van der Waals surface area contributed by atoms with E-state index < -0.39 is 5.60 Å². The van der Waals surface area contributed by atoms with Crippen molar-refractivity contribution in [3.05, 3.63) is 89.0 Å². The van der Waals surface area contributed by atoms with Crippen LogP contribution in [-0.2, 0) is 5.60 Å². The number of aromatic nitrogens is 2. The summed E-state index contributed by atoms with van der Waals surface area (Å²) in [7, 11) is 0. The van der Waals surface area contributed by atoms with Gasteiger partial charge < -0.3 is 10.1 Å². The molecule has 1 heterocycles. The van der Waals surface area contributed by atoms with E-state index in [0.717, 1.165) is 22.3 Å². The lowest BCUT2D eigenvalue weighted by atomic mass is 9.80. The number of hydrogen-bond acceptors (Lipinski definition) is 2. The average molecular weight is 278 g/mol. The number of H-pyrrole nitrogens is 1. The highest BCUT2D eigenvalue weighted by Gasteiger charge is 2.37. The molecule has 3 rings (SSSR count). The highest BCUT2D eigenvalue weighted by Crippen LogP contribution is 2.38. The minimum absolute atomic E-state index is 0.672. The molecule has 0 aliphatic carbocycles. The first kappa shape index (κ1) is 13.6. The van der Waals surface area contributed by atoms with Crippen LogP contribution in [0.2, 0.25) is 0 Å². The molecule has 0 atom stereocenters. The molecule has 0 saturated heterocycles. The van der Waals surface area contributed by atoms with Crippen molar-refractivity contribution in [1.82, 2.24) is 9.97 Å². The van der Waals surface area contributed by atoms with Gasteiger partial charge in [0.15, 0.2) is 5.60 Å². The van der Waals surface area contributed by atoms with Crippen LogP contribution in [0.3, 0.4) is 0 Å². The van der Waals surface area contributed by atoms with Gasteiger partial charge in [0.05, 0.1) is 18.2 Å². The fraction of sp³-hybridized carbons (Fsp3) is 0.167. The third kappa shape index (κ3) is 2.16. The lowest BCUT2D eigenvalue weighted by molar-refractivity contribution is 0.120. The first-order valence-electron chi connectivity index (χ1n) is 6.97. The molecule has 106 valence electrons.